The minimum atomic E-state index is -0.539. The van der Waals surface area contributed by atoms with Gasteiger partial charge in [-0.2, -0.15) is 0 Å². The van der Waals surface area contributed by atoms with Gasteiger partial charge in [-0.1, -0.05) is 25.9 Å². The second-order valence-corrected chi connectivity index (χ2v) is 5.24. The molecule has 0 spiro atoms. The number of rotatable bonds is 5. The quantitative estimate of drug-likeness (QED) is 0.914. The molecule has 3 atom stereocenters. The summed E-state index contributed by atoms with van der Waals surface area (Å²) in [6.45, 7) is 1.34. The van der Waals surface area contributed by atoms with Crippen LogP contribution < -0.4 is 5.69 Å². The van der Waals surface area contributed by atoms with Crippen molar-refractivity contribution >= 4 is 11.0 Å². The molecule has 0 radical (unpaired) electrons. The first-order valence-electron chi connectivity index (χ1n) is 9.47. The van der Waals surface area contributed by atoms with Gasteiger partial charge in [-0.05, 0) is 43.9 Å². The number of nitrogens with one attached hydrogen (secondary N) is 1. The highest BCUT2D eigenvalue weighted by atomic mass is 16.1. The Morgan fingerprint density at radius 3 is 3.00 bits per heavy atom. The molecule has 0 aliphatic carbocycles. The second-order valence-electron chi connectivity index (χ2n) is 5.24. The van der Waals surface area contributed by atoms with Crippen LogP contribution in [0.1, 0.15) is 37.6 Å². The van der Waals surface area contributed by atoms with Crippen molar-refractivity contribution in [1.82, 2.24) is 14.5 Å². The van der Waals surface area contributed by atoms with Gasteiger partial charge in [0.25, 0.3) is 0 Å². The number of hydrogen-bond donors (Lipinski definition) is 1. The van der Waals surface area contributed by atoms with Gasteiger partial charge in [0.05, 0.1) is 11.0 Å². The molecule has 2 aromatic rings. The van der Waals surface area contributed by atoms with Crippen molar-refractivity contribution in [3.8, 4) is 0 Å². The van der Waals surface area contributed by atoms with Crippen molar-refractivity contribution < 1.29 is 5.48 Å². The van der Waals surface area contributed by atoms with Crippen LogP contribution >= 0.6 is 0 Å². The Kier molecular flexibility index (Phi) is 2.56. The zero-order chi connectivity index (χ0) is 17.3. The van der Waals surface area contributed by atoms with Crippen LogP contribution in [-0.4, -0.2) is 33.6 Å². The van der Waals surface area contributed by atoms with Crippen molar-refractivity contribution in [2.75, 3.05) is 13.1 Å². The van der Waals surface area contributed by atoms with Crippen molar-refractivity contribution in [3.63, 3.8) is 0 Å². The first-order chi connectivity index (χ1) is 11.5. The van der Waals surface area contributed by atoms with E-state index in [1.54, 1.807) is 4.57 Å². The maximum absolute atomic E-state index is 12.2. The molecule has 3 rings (SSSR count). The second kappa shape index (κ2) is 5.44. The van der Waals surface area contributed by atoms with Gasteiger partial charge in [0.1, 0.15) is 0 Å². The fourth-order valence-corrected chi connectivity index (χ4v) is 3.11. The molecule has 20 heavy (non-hydrogen) atoms. The lowest BCUT2D eigenvalue weighted by molar-refractivity contribution is 0.173. The Labute approximate surface area is 125 Å². The van der Waals surface area contributed by atoms with Crippen molar-refractivity contribution in [2.24, 2.45) is 0 Å². The van der Waals surface area contributed by atoms with Crippen LogP contribution in [0.4, 0.5) is 0 Å². The summed E-state index contributed by atoms with van der Waals surface area (Å²) < 4.78 is 32.4. The molecule has 0 amide bonds. The Bertz CT molecular complexity index is 747. The standard InChI is InChI=1S/C16H23N3O/c1-3-8-18(9-4-2)13-10-12-6-5-7-14-15(12)19(11-13)16(20)17-14/h5-7,13H,3-4,8-11H2,1-2H3,(H,17,20)/t13-/m1/s1/i1T,2T,3T,4T/t3?,4?,13-. The number of benzene rings is 1. The first-order valence-corrected chi connectivity index (χ1v) is 6.91. The number of aromatic nitrogens is 2. The molecular formula is C16H23N3O. The normalized spacial score (nSPS) is 23.9. The van der Waals surface area contributed by atoms with E-state index in [0.29, 0.717) is 19.6 Å². The van der Waals surface area contributed by atoms with Gasteiger partial charge in [0.2, 0.25) is 0 Å². The topological polar surface area (TPSA) is 41.0 Å². The summed E-state index contributed by atoms with van der Waals surface area (Å²) in [5.74, 6) is 0. The molecule has 0 saturated heterocycles. The average molecular weight is 281 g/mol. The molecule has 2 heterocycles. The van der Waals surface area contributed by atoms with Crippen molar-refractivity contribution in [3.05, 3.63) is 34.2 Å². The molecule has 1 aliphatic heterocycles. The number of para-hydroxylation sites is 1. The first kappa shape index (κ1) is 9.40. The summed E-state index contributed by atoms with van der Waals surface area (Å²) in [5.41, 5.74) is 2.75. The summed E-state index contributed by atoms with van der Waals surface area (Å²) in [6, 6.07) is 5.85. The number of hydrogen-bond acceptors (Lipinski definition) is 2. The molecule has 1 aliphatic rings. The van der Waals surface area contributed by atoms with Crippen molar-refractivity contribution in [2.45, 2.75) is 45.6 Å². The third-order valence-corrected chi connectivity index (χ3v) is 3.97. The van der Waals surface area contributed by atoms with E-state index in [4.69, 9.17) is 5.48 Å². The average Bonchev–Trinajstić information content (AvgIpc) is 2.91. The predicted octanol–water partition coefficient (Wildman–Crippen LogP) is 2.38. The minimum Gasteiger partial charge on any atom is -0.306 e. The molecule has 0 fully saturated rings. The molecule has 108 valence electrons. The van der Waals surface area contributed by atoms with Crippen LogP contribution in [0.3, 0.4) is 0 Å². The zero-order valence-corrected chi connectivity index (χ0v) is 11.5. The van der Waals surface area contributed by atoms with Gasteiger partial charge in [-0.25, -0.2) is 4.79 Å². The lowest BCUT2D eigenvalue weighted by atomic mass is 9.99. The fourth-order valence-electron chi connectivity index (χ4n) is 3.11. The number of aromatic amines is 1. The van der Waals surface area contributed by atoms with E-state index < -0.39 is 12.8 Å². The van der Waals surface area contributed by atoms with Gasteiger partial charge in [0, 0.05) is 18.1 Å². The van der Waals surface area contributed by atoms with Crippen molar-refractivity contribution in [1.29, 1.82) is 0 Å². The van der Waals surface area contributed by atoms with E-state index in [1.807, 2.05) is 23.1 Å². The van der Waals surface area contributed by atoms with E-state index >= 15 is 0 Å². The fraction of sp³-hybridized carbons (Fsp3) is 0.562. The zero-order valence-electron chi connectivity index (χ0n) is 15.5. The number of nitrogens with zero attached hydrogens (tertiary/aromatic N) is 2. The van der Waals surface area contributed by atoms with Crippen LogP contribution in [-0.2, 0) is 13.0 Å². The molecule has 1 N–H and O–H groups in total. The smallest absolute Gasteiger partial charge is 0.306 e. The summed E-state index contributed by atoms with van der Waals surface area (Å²) >= 11 is 0. The summed E-state index contributed by atoms with van der Waals surface area (Å²) in [7, 11) is 0. The van der Waals surface area contributed by atoms with E-state index in [-0.39, 0.29) is 25.5 Å². The lowest BCUT2D eigenvalue weighted by Crippen LogP contribution is -2.44. The molecule has 0 bridgehead atoms. The van der Waals surface area contributed by atoms with Crippen LogP contribution in [0.2, 0.25) is 0 Å². The largest absolute Gasteiger partial charge is 0.326 e. The Morgan fingerprint density at radius 1 is 1.45 bits per heavy atom. The van der Waals surface area contributed by atoms with Gasteiger partial charge in [-0.3, -0.25) is 9.47 Å². The Morgan fingerprint density at radius 2 is 2.25 bits per heavy atom. The van der Waals surface area contributed by atoms with Crippen LogP contribution in [0, 0.1) is 0 Å². The third-order valence-electron chi connectivity index (χ3n) is 3.97. The molecular weight excluding hydrogens is 250 g/mol. The maximum Gasteiger partial charge on any atom is 0.326 e. The van der Waals surface area contributed by atoms with E-state index in [2.05, 4.69) is 4.98 Å². The maximum atomic E-state index is 12.2. The number of H-pyrrole nitrogens is 1. The van der Waals surface area contributed by atoms with Crippen LogP contribution in [0.5, 0.6) is 0 Å². The highest BCUT2D eigenvalue weighted by Crippen LogP contribution is 2.25. The molecule has 0 saturated carbocycles. The molecule has 4 nitrogen and oxygen atoms in total. The van der Waals surface area contributed by atoms with Gasteiger partial charge >= 0.3 is 5.69 Å². The SMILES string of the molecule is [3H]CC([3H])CN(CC([3H])C[3H])[C@@H]1Cc2cccc3[nH]c(=O)n(c23)C1. The molecule has 4 heteroatoms. The van der Waals surface area contributed by atoms with Crippen LogP contribution in [0.25, 0.3) is 11.0 Å². The summed E-state index contributed by atoms with van der Waals surface area (Å²) in [6.07, 6.45) is -0.324. The summed E-state index contributed by atoms with van der Waals surface area (Å²) in [4.78, 5) is 17.1. The molecule has 1 aromatic heterocycles. The summed E-state index contributed by atoms with van der Waals surface area (Å²) in [5, 5.41) is 0. The highest BCUT2D eigenvalue weighted by Gasteiger charge is 2.26. The Hall–Kier alpha value is -1.55. The van der Waals surface area contributed by atoms with Gasteiger partial charge < -0.3 is 4.98 Å². The number of imidazole rings is 1. The monoisotopic (exact) mass is 281 g/mol. The van der Waals surface area contributed by atoms with Gasteiger partial charge in [-0.15, -0.1) is 0 Å². The highest BCUT2D eigenvalue weighted by molar-refractivity contribution is 5.79. The van der Waals surface area contributed by atoms with Crippen LogP contribution in [0.15, 0.2) is 23.0 Å². The van der Waals surface area contributed by atoms with E-state index in [1.165, 1.54) is 0 Å². The predicted molar refractivity (Wildman–Crippen MR) is 82.2 cm³/mol. The van der Waals surface area contributed by atoms with E-state index in [9.17, 15) is 4.79 Å². The van der Waals surface area contributed by atoms with E-state index in [0.717, 1.165) is 23.0 Å². The Balaban J connectivity index is 1.89. The third kappa shape index (κ3) is 2.18. The lowest BCUT2D eigenvalue weighted by Gasteiger charge is -2.34. The minimum absolute atomic E-state index is 0.00963. The molecule has 2 unspecified atom stereocenters. The van der Waals surface area contributed by atoms with Gasteiger partial charge in [0.15, 0.2) is 0 Å². The molecule has 1 aromatic carbocycles.